The predicted molar refractivity (Wildman–Crippen MR) is 120 cm³/mol. The number of hydrazone groups is 1. The molecule has 3 aromatic rings. The first-order valence-corrected chi connectivity index (χ1v) is 10.0. The van der Waals surface area contributed by atoms with Crippen LogP contribution in [0, 0.1) is 0 Å². The Bertz CT molecular complexity index is 959. The number of nitrogens with one attached hydrogen (secondary N) is 2. The Morgan fingerprint density at radius 1 is 1.03 bits per heavy atom. The van der Waals surface area contributed by atoms with Crippen LogP contribution in [0.1, 0.15) is 18.1 Å². The molecule has 0 heterocycles. The van der Waals surface area contributed by atoms with Crippen LogP contribution in [-0.2, 0) is 11.4 Å². The number of halogens is 1. The van der Waals surface area contributed by atoms with Crippen molar-refractivity contribution in [2.75, 3.05) is 5.32 Å². The zero-order chi connectivity index (χ0) is 20.5. The normalized spacial score (nSPS) is 11.8. The van der Waals surface area contributed by atoms with Crippen LogP contribution in [0.5, 0.6) is 5.75 Å². The highest BCUT2D eigenvalue weighted by molar-refractivity contribution is 9.10. The van der Waals surface area contributed by atoms with Gasteiger partial charge in [-0.1, -0.05) is 58.4 Å². The average molecular weight is 452 g/mol. The van der Waals surface area contributed by atoms with Gasteiger partial charge in [-0.25, -0.2) is 5.43 Å². The monoisotopic (exact) mass is 451 g/mol. The minimum absolute atomic E-state index is 0.230. The number of rotatable bonds is 8. The smallest absolute Gasteiger partial charge is 0.262 e. The molecule has 29 heavy (non-hydrogen) atoms. The first-order valence-electron chi connectivity index (χ1n) is 9.22. The summed E-state index contributed by atoms with van der Waals surface area (Å²) in [6.45, 7) is 2.25. The highest BCUT2D eigenvalue weighted by atomic mass is 79.9. The van der Waals surface area contributed by atoms with Gasteiger partial charge in [-0.3, -0.25) is 4.79 Å². The Morgan fingerprint density at radius 2 is 1.72 bits per heavy atom. The number of hydrogen-bond donors (Lipinski definition) is 2. The lowest BCUT2D eigenvalue weighted by atomic mass is 10.2. The third kappa shape index (κ3) is 6.47. The van der Waals surface area contributed by atoms with Gasteiger partial charge in [0, 0.05) is 15.7 Å². The van der Waals surface area contributed by atoms with Gasteiger partial charge in [0.2, 0.25) is 0 Å². The first kappa shape index (κ1) is 20.6. The Labute approximate surface area is 178 Å². The van der Waals surface area contributed by atoms with Gasteiger partial charge in [0.15, 0.2) is 0 Å². The van der Waals surface area contributed by atoms with E-state index in [0.29, 0.717) is 12.4 Å². The van der Waals surface area contributed by atoms with Crippen LogP contribution in [0.3, 0.4) is 0 Å². The third-order valence-electron chi connectivity index (χ3n) is 4.16. The standard InChI is InChI=1S/C23H22BrN3O2/c1-17(26-21-13-11-20(24)12-14-21)23(28)27-25-15-19-9-5-6-10-22(19)29-16-18-7-3-2-4-8-18/h2-15,17,26H,16H2,1H3,(H,27,28)/b25-15-/t17-/m1/s1. The molecule has 0 unspecified atom stereocenters. The largest absolute Gasteiger partial charge is 0.488 e. The lowest BCUT2D eigenvalue weighted by Gasteiger charge is -2.13. The van der Waals surface area contributed by atoms with E-state index in [4.69, 9.17) is 4.74 Å². The van der Waals surface area contributed by atoms with E-state index in [2.05, 4.69) is 31.8 Å². The van der Waals surface area contributed by atoms with Crippen LogP contribution < -0.4 is 15.5 Å². The van der Waals surface area contributed by atoms with E-state index in [1.165, 1.54) is 0 Å². The number of benzene rings is 3. The van der Waals surface area contributed by atoms with Crippen LogP contribution in [0.2, 0.25) is 0 Å². The third-order valence-corrected chi connectivity index (χ3v) is 4.68. The molecule has 5 nitrogen and oxygen atoms in total. The number of hydrogen-bond acceptors (Lipinski definition) is 4. The molecular formula is C23H22BrN3O2. The van der Waals surface area contributed by atoms with Gasteiger partial charge in [-0.15, -0.1) is 0 Å². The maximum Gasteiger partial charge on any atom is 0.262 e. The van der Waals surface area contributed by atoms with Crippen molar-refractivity contribution in [3.8, 4) is 5.75 Å². The molecule has 0 spiro atoms. The molecule has 1 amide bonds. The van der Waals surface area contributed by atoms with E-state index in [0.717, 1.165) is 21.3 Å². The summed E-state index contributed by atoms with van der Waals surface area (Å²) in [4.78, 5) is 12.3. The predicted octanol–water partition coefficient (Wildman–Crippen LogP) is 4.98. The van der Waals surface area contributed by atoms with Crippen molar-refractivity contribution in [2.24, 2.45) is 5.10 Å². The molecule has 6 heteroatoms. The van der Waals surface area contributed by atoms with Crippen LogP contribution in [0.4, 0.5) is 5.69 Å². The molecule has 0 radical (unpaired) electrons. The van der Waals surface area contributed by atoms with Crippen molar-refractivity contribution in [1.82, 2.24) is 5.43 Å². The van der Waals surface area contributed by atoms with E-state index in [1.807, 2.05) is 78.9 Å². The minimum Gasteiger partial charge on any atom is -0.488 e. The van der Waals surface area contributed by atoms with Crippen LogP contribution in [0.25, 0.3) is 0 Å². The summed E-state index contributed by atoms with van der Waals surface area (Å²) in [7, 11) is 0. The lowest BCUT2D eigenvalue weighted by molar-refractivity contribution is -0.121. The number of anilines is 1. The summed E-state index contributed by atoms with van der Waals surface area (Å²) < 4.78 is 6.88. The zero-order valence-electron chi connectivity index (χ0n) is 16.0. The zero-order valence-corrected chi connectivity index (χ0v) is 17.6. The van der Waals surface area contributed by atoms with E-state index in [1.54, 1.807) is 13.1 Å². The Kier molecular flexibility index (Phi) is 7.41. The molecular weight excluding hydrogens is 430 g/mol. The summed E-state index contributed by atoms with van der Waals surface area (Å²) in [5.41, 5.74) is 5.30. The van der Waals surface area contributed by atoms with E-state index >= 15 is 0 Å². The fourth-order valence-corrected chi connectivity index (χ4v) is 2.84. The first-order chi connectivity index (χ1) is 14.1. The van der Waals surface area contributed by atoms with Crippen molar-refractivity contribution in [2.45, 2.75) is 19.6 Å². The quantitative estimate of drug-likeness (QED) is 0.375. The van der Waals surface area contributed by atoms with E-state index in [-0.39, 0.29) is 5.91 Å². The Balaban J connectivity index is 1.55. The molecule has 1 atom stereocenters. The van der Waals surface area contributed by atoms with Crippen LogP contribution in [0.15, 0.2) is 88.4 Å². The molecule has 0 aliphatic carbocycles. The molecule has 0 aromatic heterocycles. The van der Waals surface area contributed by atoms with Crippen molar-refractivity contribution < 1.29 is 9.53 Å². The Hall–Kier alpha value is -3.12. The number of amides is 1. The van der Waals surface area contributed by atoms with Gasteiger partial charge in [0.25, 0.3) is 5.91 Å². The van der Waals surface area contributed by atoms with Crippen molar-refractivity contribution in [1.29, 1.82) is 0 Å². The van der Waals surface area contributed by atoms with Gasteiger partial charge in [-0.2, -0.15) is 5.10 Å². The number of nitrogens with zero attached hydrogens (tertiary/aromatic N) is 1. The van der Waals surface area contributed by atoms with Crippen LogP contribution in [-0.4, -0.2) is 18.2 Å². The highest BCUT2D eigenvalue weighted by Crippen LogP contribution is 2.18. The highest BCUT2D eigenvalue weighted by Gasteiger charge is 2.11. The molecule has 0 fully saturated rings. The van der Waals surface area contributed by atoms with Gasteiger partial charge in [-0.05, 0) is 48.9 Å². The van der Waals surface area contributed by atoms with Gasteiger partial charge in [0.05, 0.1) is 6.21 Å². The fraction of sp³-hybridized carbons (Fsp3) is 0.130. The van der Waals surface area contributed by atoms with Gasteiger partial charge < -0.3 is 10.1 Å². The molecule has 0 aliphatic rings. The topological polar surface area (TPSA) is 62.7 Å². The molecule has 0 saturated carbocycles. The molecule has 0 bridgehead atoms. The second kappa shape index (κ2) is 10.4. The Morgan fingerprint density at radius 3 is 2.48 bits per heavy atom. The lowest BCUT2D eigenvalue weighted by Crippen LogP contribution is -2.34. The van der Waals surface area contributed by atoms with E-state index in [9.17, 15) is 4.79 Å². The average Bonchev–Trinajstić information content (AvgIpc) is 2.75. The molecule has 3 rings (SSSR count). The summed E-state index contributed by atoms with van der Waals surface area (Å²) in [6.07, 6.45) is 1.59. The number of para-hydroxylation sites is 1. The van der Waals surface area contributed by atoms with Crippen molar-refractivity contribution >= 4 is 33.7 Å². The maximum atomic E-state index is 12.3. The molecule has 0 aliphatic heterocycles. The number of carbonyl (C=O) groups is 1. The van der Waals surface area contributed by atoms with Gasteiger partial charge in [0.1, 0.15) is 18.4 Å². The van der Waals surface area contributed by atoms with E-state index < -0.39 is 6.04 Å². The summed E-state index contributed by atoms with van der Waals surface area (Å²) in [5, 5.41) is 7.22. The maximum absolute atomic E-state index is 12.3. The van der Waals surface area contributed by atoms with Crippen molar-refractivity contribution in [3.05, 3.63) is 94.5 Å². The summed E-state index contributed by atoms with van der Waals surface area (Å²) >= 11 is 3.39. The number of ether oxygens (including phenoxy) is 1. The summed E-state index contributed by atoms with van der Waals surface area (Å²) in [5.74, 6) is 0.474. The fourth-order valence-electron chi connectivity index (χ4n) is 2.58. The molecule has 2 N–H and O–H groups in total. The van der Waals surface area contributed by atoms with Crippen molar-refractivity contribution in [3.63, 3.8) is 0 Å². The molecule has 3 aromatic carbocycles. The minimum atomic E-state index is -0.433. The van der Waals surface area contributed by atoms with Gasteiger partial charge >= 0.3 is 0 Å². The summed E-state index contributed by atoms with van der Waals surface area (Å²) in [6, 6.07) is 24.7. The second-order valence-electron chi connectivity index (χ2n) is 6.42. The second-order valence-corrected chi connectivity index (χ2v) is 7.33. The SMILES string of the molecule is C[C@@H](Nc1ccc(Br)cc1)C(=O)N/N=C\c1ccccc1OCc1ccccc1. The van der Waals surface area contributed by atoms with Crippen LogP contribution >= 0.6 is 15.9 Å². The molecule has 148 valence electrons. The number of carbonyl (C=O) groups excluding carboxylic acids is 1. The molecule has 0 saturated heterocycles.